The lowest BCUT2D eigenvalue weighted by atomic mass is 9.89. The molecular formula is C19H31N5O2S. The Balaban J connectivity index is 1.36. The van der Waals surface area contributed by atoms with Gasteiger partial charge in [-0.1, -0.05) is 31.0 Å². The van der Waals surface area contributed by atoms with Gasteiger partial charge in [0, 0.05) is 25.7 Å². The zero-order chi connectivity index (χ0) is 18.6. The topological polar surface area (TPSA) is 72.3 Å². The first-order chi connectivity index (χ1) is 13.2. The predicted octanol–water partition coefficient (Wildman–Crippen LogP) is 2.63. The molecular weight excluding hydrogens is 362 g/mol. The Morgan fingerprint density at radius 2 is 1.93 bits per heavy atom. The fourth-order valence-corrected chi connectivity index (χ4v) is 4.91. The molecule has 1 N–H and O–H groups in total. The average molecular weight is 394 g/mol. The third-order valence-corrected chi connectivity index (χ3v) is 6.85. The van der Waals surface area contributed by atoms with Crippen LogP contribution in [0, 0.1) is 5.92 Å². The van der Waals surface area contributed by atoms with Gasteiger partial charge in [0.2, 0.25) is 11.9 Å². The van der Waals surface area contributed by atoms with Crippen LogP contribution in [-0.2, 0) is 9.53 Å². The largest absolute Gasteiger partial charge is 0.378 e. The molecule has 1 aromatic heterocycles. The second kappa shape index (κ2) is 8.82. The smallest absolute Gasteiger partial charge is 0.233 e. The van der Waals surface area contributed by atoms with Gasteiger partial charge in [-0.15, -0.1) is 10.2 Å². The molecule has 150 valence electrons. The van der Waals surface area contributed by atoms with Gasteiger partial charge in [-0.3, -0.25) is 9.36 Å². The summed E-state index contributed by atoms with van der Waals surface area (Å²) in [6.45, 7) is 5.97. The first-order valence-corrected chi connectivity index (χ1v) is 11.3. The summed E-state index contributed by atoms with van der Waals surface area (Å²) in [6.07, 6.45) is 8.80. The molecule has 1 unspecified atom stereocenters. The number of thioether (sulfide) groups is 1. The number of morpholine rings is 1. The van der Waals surface area contributed by atoms with Gasteiger partial charge in [0.15, 0.2) is 5.16 Å². The molecule has 7 nitrogen and oxygen atoms in total. The van der Waals surface area contributed by atoms with E-state index in [2.05, 4.69) is 25.0 Å². The minimum Gasteiger partial charge on any atom is -0.378 e. The quantitative estimate of drug-likeness (QED) is 0.718. The van der Waals surface area contributed by atoms with Crippen LogP contribution in [0.4, 0.5) is 5.95 Å². The Labute approximate surface area is 165 Å². The maximum absolute atomic E-state index is 12.6. The number of aromatic nitrogens is 3. The fraction of sp³-hybridized carbons (Fsp3) is 0.842. The highest BCUT2D eigenvalue weighted by Crippen LogP contribution is 2.41. The van der Waals surface area contributed by atoms with Crippen molar-refractivity contribution in [2.75, 3.05) is 37.7 Å². The number of carbonyl (C=O) groups is 1. The molecule has 1 aromatic rings. The van der Waals surface area contributed by atoms with E-state index in [1.54, 1.807) is 0 Å². The van der Waals surface area contributed by atoms with Crippen LogP contribution in [-0.4, -0.2) is 58.8 Å². The number of anilines is 1. The molecule has 1 saturated heterocycles. The number of hydrogen-bond acceptors (Lipinski definition) is 6. The monoisotopic (exact) mass is 393 g/mol. The SMILES string of the molecule is CC(Sc1nnc(N2CCOCC2)n1C1CC1)C(=O)NCC1CCCCC1. The number of amides is 1. The Morgan fingerprint density at radius 1 is 1.19 bits per heavy atom. The van der Waals surface area contributed by atoms with Crippen molar-refractivity contribution in [3.8, 4) is 0 Å². The summed E-state index contributed by atoms with van der Waals surface area (Å²) in [5, 5.41) is 12.8. The molecule has 1 atom stereocenters. The van der Waals surface area contributed by atoms with Crippen molar-refractivity contribution in [3.05, 3.63) is 0 Å². The maximum Gasteiger partial charge on any atom is 0.233 e. The number of nitrogens with zero attached hydrogens (tertiary/aromatic N) is 4. The van der Waals surface area contributed by atoms with E-state index in [4.69, 9.17) is 4.74 Å². The average Bonchev–Trinajstić information content (AvgIpc) is 3.47. The van der Waals surface area contributed by atoms with Gasteiger partial charge in [-0.25, -0.2) is 0 Å². The Morgan fingerprint density at radius 3 is 2.63 bits per heavy atom. The normalized spacial score (nSPS) is 22.6. The molecule has 3 aliphatic rings. The van der Waals surface area contributed by atoms with Crippen molar-refractivity contribution < 1.29 is 9.53 Å². The number of ether oxygens (including phenoxy) is 1. The van der Waals surface area contributed by atoms with E-state index in [1.807, 2.05) is 6.92 Å². The van der Waals surface area contributed by atoms with Crippen LogP contribution in [0.3, 0.4) is 0 Å². The third kappa shape index (κ3) is 4.77. The van der Waals surface area contributed by atoms with Crippen LogP contribution < -0.4 is 10.2 Å². The molecule has 1 aliphatic heterocycles. The van der Waals surface area contributed by atoms with Crippen LogP contribution in [0.2, 0.25) is 0 Å². The summed E-state index contributed by atoms with van der Waals surface area (Å²) >= 11 is 1.54. The van der Waals surface area contributed by atoms with E-state index in [9.17, 15) is 4.79 Å². The van der Waals surface area contributed by atoms with Crippen LogP contribution in [0.1, 0.15) is 57.9 Å². The Bertz CT molecular complexity index is 636. The summed E-state index contributed by atoms with van der Waals surface area (Å²) in [6, 6.07) is 0.484. The fourth-order valence-electron chi connectivity index (χ4n) is 3.97. The first-order valence-electron chi connectivity index (χ1n) is 10.4. The first kappa shape index (κ1) is 19.1. The molecule has 0 aromatic carbocycles. The third-order valence-electron chi connectivity index (χ3n) is 5.79. The summed E-state index contributed by atoms with van der Waals surface area (Å²) in [4.78, 5) is 14.8. The van der Waals surface area contributed by atoms with Crippen molar-refractivity contribution in [1.82, 2.24) is 20.1 Å². The van der Waals surface area contributed by atoms with Crippen LogP contribution in [0.15, 0.2) is 5.16 Å². The van der Waals surface area contributed by atoms with E-state index in [0.717, 1.165) is 44.0 Å². The minimum absolute atomic E-state index is 0.115. The van der Waals surface area contributed by atoms with Crippen molar-refractivity contribution in [3.63, 3.8) is 0 Å². The van der Waals surface area contributed by atoms with Gasteiger partial charge < -0.3 is 15.0 Å². The second-order valence-corrected chi connectivity index (χ2v) is 9.30. The lowest BCUT2D eigenvalue weighted by Crippen LogP contribution is -2.38. The van der Waals surface area contributed by atoms with E-state index in [0.29, 0.717) is 12.0 Å². The Kier molecular flexibility index (Phi) is 6.22. The van der Waals surface area contributed by atoms with Crippen molar-refractivity contribution >= 4 is 23.6 Å². The van der Waals surface area contributed by atoms with E-state index < -0.39 is 0 Å². The maximum atomic E-state index is 12.6. The predicted molar refractivity (Wildman–Crippen MR) is 106 cm³/mol. The standard InChI is InChI=1S/C19H31N5O2S/c1-14(17(25)20-13-15-5-3-2-4-6-15)27-19-22-21-18(24(19)16-7-8-16)23-9-11-26-12-10-23/h14-16H,2-13H2,1H3,(H,20,25). The lowest BCUT2D eigenvalue weighted by molar-refractivity contribution is -0.120. The summed E-state index contributed by atoms with van der Waals surface area (Å²) in [5.41, 5.74) is 0. The van der Waals surface area contributed by atoms with Gasteiger partial charge in [-0.05, 0) is 38.5 Å². The summed E-state index contributed by atoms with van der Waals surface area (Å²) < 4.78 is 7.71. The van der Waals surface area contributed by atoms with Crippen molar-refractivity contribution in [2.45, 2.75) is 68.3 Å². The van der Waals surface area contributed by atoms with Gasteiger partial charge in [0.05, 0.1) is 18.5 Å². The zero-order valence-electron chi connectivity index (χ0n) is 16.2. The van der Waals surface area contributed by atoms with Crippen LogP contribution in [0.5, 0.6) is 0 Å². The van der Waals surface area contributed by atoms with Gasteiger partial charge in [0.1, 0.15) is 0 Å². The van der Waals surface area contributed by atoms with E-state index in [1.165, 1.54) is 56.7 Å². The van der Waals surface area contributed by atoms with E-state index >= 15 is 0 Å². The molecule has 2 heterocycles. The van der Waals surface area contributed by atoms with Gasteiger partial charge in [-0.2, -0.15) is 0 Å². The molecule has 3 fully saturated rings. The molecule has 1 amide bonds. The summed E-state index contributed by atoms with van der Waals surface area (Å²) in [7, 11) is 0. The molecule has 8 heteroatoms. The number of rotatable bonds is 7. The number of carbonyl (C=O) groups excluding carboxylic acids is 1. The van der Waals surface area contributed by atoms with Crippen LogP contribution >= 0.6 is 11.8 Å². The highest BCUT2D eigenvalue weighted by atomic mass is 32.2. The highest BCUT2D eigenvalue weighted by molar-refractivity contribution is 8.00. The molecule has 0 bridgehead atoms. The van der Waals surface area contributed by atoms with Crippen molar-refractivity contribution in [1.29, 1.82) is 0 Å². The number of hydrogen-bond donors (Lipinski definition) is 1. The summed E-state index contributed by atoms with van der Waals surface area (Å²) in [5.74, 6) is 1.71. The van der Waals surface area contributed by atoms with Crippen molar-refractivity contribution in [2.24, 2.45) is 5.92 Å². The highest BCUT2D eigenvalue weighted by Gasteiger charge is 2.33. The Hall–Kier alpha value is -1.28. The van der Waals surface area contributed by atoms with Crippen LogP contribution in [0.25, 0.3) is 0 Å². The molecule has 0 radical (unpaired) electrons. The molecule has 27 heavy (non-hydrogen) atoms. The van der Waals surface area contributed by atoms with Gasteiger partial charge >= 0.3 is 0 Å². The molecule has 2 saturated carbocycles. The zero-order valence-corrected chi connectivity index (χ0v) is 17.0. The second-order valence-electron chi connectivity index (χ2n) is 7.99. The lowest BCUT2D eigenvalue weighted by Gasteiger charge is -2.28. The molecule has 0 spiro atoms. The number of nitrogens with one attached hydrogen (secondary N) is 1. The molecule has 4 rings (SSSR count). The van der Waals surface area contributed by atoms with Gasteiger partial charge in [0.25, 0.3) is 0 Å². The van der Waals surface area contributed by atoms with E-state index in [-0.39, 0.29) is 11.2 Å². The molecule has 2 aliphatic carbocycles. The minimum atomic E-state index is -0.159.